The van der Waals surface area contributed by atoms with Crippen LogP contribution in [0.3, 0.4) is 0 Å². The van der Waals surface area contributed by atoms with Crippen LogP contribution in [0.15, 0.2) is 47.6 Å². The molecule has 4 atom stereocenters. The number of ketones is 2. The third-order valence-corrected chi connectivity index (χ3v) is 6.64. The van der Waals surface area contributed by atoms with E-state index in [-0.39, 0.29) is 22.4 Å². The van der Waals surface area contributed by atoms with Crippen molar-refractivity contribution in [1.82, 2.24) is 0 Å². The van der Waals surface area contributed by atoms with Gasteiger partial charge in [0.25, 0.3) is 0 Å². The molecular formula is C20H22O2. The van der Waals surface area contributed by atoms with Gasteiger partial charge in [0, 0.05) is 10.8 Å². The molecule has 0 N–H and O–H groups in total. The van der Waals surface area contributed by atoms with Gasteiger partial charge in [-0.25, -0.2) is 0 Å². The molecule has 2 nitrogen and oxygen atoms in total. The number of carbonyl (C=O) groups excluding carboxylic acids is 2. The highest BCUT2D eigenvalue weighted by Gasteiger charge is 2.56. The Hall–Kier alpha value is -1.70. The Labute approximate surface area is 131 Å². The average molecular weight is 294 g/mol. The van der Waals surface area contributed by atoms with E-state index in [2.05, 4.69) is 32.6 Å². The summed E-state index contributed by atoms with van der Waals surface area (Å²) < 4.78 is 0. The molecule has 4 aliphatic carbocycles. The summed E-state index contributed by atoms with van der Waals surface area (Å²) in [6.45, 7) is 8.36. The smallest absolute Gasteiger partial charge is 0.178 e. The molecule has 22 heavy (non-hydrogen) atoms. The van der Waals surface area contributed by atoms with E-state index in [1.807, 2.05) is 6.08 Å². The average Bonchev–Trinajstić information content (AvgIpc) is 2.72. The molecule has 2 fully saturated rings. The molecule has 0 aliphatic heterocycles. The summed E-state index contributed by atoms with van der Waals surface area (Å²) in [4.78, 5) is 24.2. The van der Waals surface area contributed by atoms with Crippen molar-refractivity contribution in [2.24, 2.45) is 22.7 Å². The summed E-state index contributed by atoms with van der Waals surface area (Å²) in [5.74, 6) is 1.21. The van der Waals surface area contributed by atoms with Gasteiger partial charge in [0.05, 0.1) is 0 Å². The molecule has 0 bridgehead atoms. The van der Waals surface area contributed by atoms with Gasteiger partial charge in [0.15, 0.2) is 11.6 Å². The van der Waals surface area contributed by atoms with Gasteiger partial charge in [-0.2, -0.15) is 0 Å². The third kappa shape index (κ3) is 1.56. The van der Waals surface area contributed by atoms with E-state index >= 15 is 0 Å². The van der Waals surface area contributed by atoms with Crippen LogP contribution in [0, 0.1) is 22.7 Å². The van der Waals surface area contributed by atoms with E-state index in [0.717, 1.165) is 31.3 Å². The van der Waals surface area contributed by atoms with Crippen molar-refractivity contribution in [2.45, 2.75) is 39.5 Å². The Morgan fingerprint density at radius 3 is 2.82 bits per heavy atom. The van der Waals surface area contributed by atoms with Gasteiger partial charge in [-0.05, 0) is 62.2 Å². The van der Waals surface area contributed by atoms with Gasteiger partial charge in [-0.15, -0.1) is 0 Å². The monoisotopic (exact) mass is 294 g/mol. The van der Waals surface area contributed by atoms with Crippen LogP contribution in [0.2, 0.25) is 0 Å². The van der Waals surface area contributed by atoms with Gasteiger partial charge in [0.1, 0.15) is 0 Å². The first-order valence-electron chi connectivity index (χ1n) is 8.23. The molecule has 4 aliphatic rings. The van der Waals surface area contributed by atoms with Crippen molar-refractivity contribution in [3.05, 3.63) is 47.6 Å². The van der Waals surface area contributed by atoms with E-state index in [0.29, 0.717) is 11.8 Å². The normalized spacial score (nSPS) is 43.3. The molecule has 2 heteroatoms. The second-order valence-electron chi connectivity index (χ2n) is 7.78. The summed E-state index contributed by atoms with van der Waals surface area (Å²) in [5.41, 5.74) is 3.11. The molecule has 0 unspecified atom stereocenters. The Bertz CT molecular complexity index is 705. The van der Waals surface area contributed by atoms with Crippen LogP contribution >= 0.6 is 0 Å². The molecule has 0 aromatic rings. The number of fused-ring (bicyclic) bond motifs is 5. The molecule has 0 amide bonds. The number of hydrogen-bond acceptors (Lipinski definition) is 2. The van der Waals surface area contributed by atoms with Gasteiger partial charge in [-0.1, -0.05) is 36.8 Å². The van der Waals surface area contributed by atoms with Crippen LogP contribution in [-0.2, 0) is 9.59 Å². The minimum absolute atomic E-state index is 0.108. The van der Waals surface area contributed by atoms with Crippen molar-refractivity contribution < 1.29 is 9.59 Å². The Morgan fingerprint density at radius 1 is 1.27 bits per heavy atom. The van der Waals surface area contributed by atoms with Crippen LogP contribution in [0.5, 0.6) is 0 Å². The third-order valence-electron chi connectivity index (χ3n) is 6.64. The fraction of sp³-hybridized carbons (Fsp3) is 0.500. The standard InChI is InChI=1S/C20H22O2/c1-12-10-17-15-5-4-13-11-14(21)6-8-19(13,2)16(15)7-9-20(17,3)18(12)22/h6-8,11,15,17H,1,4-5,9-10H2,2-3H3/t15-,17+,19+,20+/m1/s1. The van der Waals surface area contributed by atoms with Crippen LogP contribution in [0.4, 0.5) is 0 Å². The molecule has 114 valence electrons. The second kappa shape index (κ2) is 4.18. The van der Waals surface area contributed by atoms with Crippen molar-refractivity contribution in [2.75, 3.05) is 0 Å². The summed E-state index contributed by atoms with van der Waals surface area (Å²) in [6, 6.07) is 0. The number of Topliss-reactive ketones (excluding diaryl/α,β-unsaturated/α-hetero) is 1. The van der Waals surface area contributed by atoms with Gasteiger partial charge < -0.3 is 0 Å². The van der Waals surface area contributed by atoms with Crippen molar-refractivity contribution >= 4 is 11.6 Å². The maximum atomic E-state index is 12.5. The van der Waals surface area contributed by atoms with Gasteiger partial charge in [0.2, 0.25) is 0 Å². The lowest BCUT2D eigenvalue weighted by Crippen LogP contribution is -2.43. The summed E-state index contributed by atoms with van der Waals surface area (Å²) >= 11 is 0. The predicted molar refractivity (Wildman–Crippen MR) is 86.1 cm³/mol. The lowest BCUT2D eigenvalue weighted by Gasteiger charge is -2.50. The van der Waals surface area contributed by atoms with Gasteiger partial charge >= 0.3 is 0 Å². The predicted octanol–water partition coefficient (Wildman–Crippen LogP) is 3.95. The van der Waals surface area contributed by atoms with Gasteiger partial charge in [-0.3, -0.25) is 9.59 Å². The van der Waals surface area contributed by atoms with E-state index in [9.17, 15) is 9.59 Å². The highest BCUT2D eigenvalue weighted by molar-refractivity contribution is 6.03. The van der Waals surface area contributed by atoms with E-state index < -0.39 is 0 Å². The summed E-state index contributed by atoms with van der Waals surface area (Å²) in [7, 11) is 0. The maximum absolute atomic E-state index is 12.5. The Morgan fingerprint density at radius 2 is 2.05 bits per heavy atom. The molecule has 4 rings (SSSR count). The highest BCUT2D eigenvalue weighted by atomic mass is 16.1. The minimum atomic E-state index is -0.253. The lowest BCUT2D eigenvalue weighted by molar-refractivity contribution is -0.124. The molecule has 0 saturated heterocycles. The molecule has 0 aromatic heterocycles. The van der Waals surface area contributed by atoms with Crippen LogP contribution in [0.1, 0.15) is 39.5 Å². The molecule has 0 heterocycles. The zero-order chi connectivity index (χ0) is 15.7. The number of allylic oxidation sites excluding steroid dienone is 7. The molecular weight excluding hydrogens is 272 g/mol. The van der Waals surface area contributed by atoms with E-state index in [1.54, 1.807) is 6.08 Å². The fourth-order valence-electron chi connectivity index (χ4n) is 5.28. The number of carbonyl (C=O) groups is 2. The van der Waals surface area contributed by atoms with E-state index in [1.165, 1.54) is 11.1 Å². The molecule has 0 aromatic carbocycles. The minimum Gasteiger partial charge on any atom is -0.294 e. The van der Waals surface area contributed by atoms with Crippen LogP contribution in [-0.4, -0.2) is 11.6 Å². The van der Waals surface area contributed by atoms with E-state index in [4.69, 9.17) is 0 Å². The summed E-state index contributed by atoms with van der Waals surface area (Å²) in [5, 5.41) is 0. The lowest BCUT2D eigenvalue weighted by atomic mass is 9.53. The first-order valence-corrected chi connectivity index (χ1v) is 8.23. The largest absolute Gasteiger partial charge is 0.294 e. The number of hydrogen-bond donors (Lipinski definition) is 0. The first-order chi connectivity index (χ1) is 10.4. The summed E-state index contributed by atoms with van der Waals surface area (Å²) in [6.07, 6.45) is 11.6. The molecule has 0 spiro atoms. The number of rotatable bonds is 0. The topological polar surface area (TPSA) is 34.1 Å². The van der Waals surface area contributed by atoms with Crippen molar-refractivity contribution in [3.8, 4) is 0 Å². The van der Waals surface area contributed by atoms with Crippen LogP contribution in [0.25, 0.3) is 0 Å². The zero-order valence-corrected chi connectivity index (χ0v) is 13.3. The SMILES string of the molecule is C=C1C[C@H]2[C@@H]3CCC4=CC(=O)C=C[C@]4(C)C3=CC[C@]2(C)C1=O. The fourth-order valence-corrected chi connectivity index (χ4v) is 5.28. The first kappa shape index (κ1) is 13.9. The maximum Gasteiger partial charge on any atom is 0.178 e. The zero-order valence-electron chi connectivity index (χ0n) is 13.3. The highest BCUT2D eigenvalue weighted by Crippen LogP contribution is 2.61. The Balaban J connectivity index is 1.81. The van der Waals surface area contributed by atoms with Crippen molar-refractivity contribution in [3.63, 3.8) is 0 Å². The van der Waals surface area contributed by atoms with Crippen molar-refractivity contribution in [1.29, 1.82) is 0 Å². The molecule has 0 radical (unpaired) electrons. The second-order valence-corrected chi connectivity index (χ2v) is 7.78. The molecule has 2 saturated carbocycles. The van der Waals surface area contributed by atoms with Crippen LogP contribution < -0.4 is 0 Å². The Kier molecular flexibility index (Phi) is 2.65. The quantitative estimate of drug-likeness (QED) is 0.501.